The van der Waals surface area contributed by atoms with E-state index in [9.17, 15) is 9.59 Å². The monoisotopic (exact) mass is 524 g/mol. The molecule has 40 heavy (non-hydrogen) atoms. The van der Waals surface area contributed by atoms with Crippen LogP contribution in [-0.4, -0.2) is 11.8 Å². The van der Waals surface area contributed by atoms with Gasteiger partial charge in [-0.1, -0.05) is 24.3 Å². The van der Waals surface area contributed by atoms with Gasteiger partial charge in [0.15, 0.2) is 12.4 Å². The van der Waals surface area contributed by atoms with E-state index in [2.05, 4.69) is 10.6 Å². The number of carbonyl (C=O) groups is 2. The van der Waals surface area contributed by atoms with Crippen molar-refractivity contribution < 1.29 is 18.7 Å². The van der Waals surface area contributed by atoms with Crippen LogP contribution in [0.1, 0.15) is 20.7 Å². The zero-order valence-corrected chi connectivity index (χ0v) is 22.3. The Labute approximate surface area is 232 Å². The Bertz CT molecular complexity index is 1750. The lowest BCUT2D eigenvalue weighted by atomic mass is 10.0. The normalized spacial score (nSPS) is 10.9. The Kier molecular flexibility index (Phi) is 6.50. The largest absolute Gasteiger partial charge is 0.322 e. The van der Waals surface area contributed by atoms with Gasteiger partial charge < -0.3 is 10.6 Å². The van der Waals surface area contributed by atoms with Crippen molar-refractivity contribution in [2.75, 3.05) is 10.6 Å². The molecule has 6 aromatic rings. The Morgan fingerprint density at radius 3 is 1.32 bits per heavy atom. The molecule has 0 unspecified atom stereocenters. The summed E-state index contributed by atoms with van der Waals surface area (Å²) in [6, 6.07) is 34.7. The number of carbonyl (C=O) groups excluding carboxylic acids is 2. The molecule has 2 N–H and O–H groups in total. The molecule has 2 aromatic heterocycles. The van der Waals surface area contributed by atoms with E-state index in [0.29, 0.717) is 11.1 Å². The van der Waals surface area contributed by atoms with Crippen molar-refractivity contribution >= 4 is 45.0 Å². The highest BCUT2D eigenvalue weighted by Crippen LogP contribution is 2.23. The van der Waals surface area contributed by atoms with Crippen LogP contribution in [0.4, 0.5) is 11.4 Å². The number of fused-ring (bicyclic) bond motifs is 2. The minimum Gasteiger partial charge on any atom is -0.322 e. The fraction of sp³-hybridized carbons (Fsp3) is 0.0588. The molecule has 6 nitrogen and oxygen atoms in total. The molecule has 0 bridgehead atoms. The Morgan fingerprint density at radius 1 is 0.525 bits per heavy atom. The van der Waals surface area contributed by atoms with Crippen LogP contribution in [-0.2, 0) is 14.1 Å². The molecule has 0 fully saturated rings. The number of hydrogen-bond acceptors (Lipinski definition) is 2. The summed E-state index contributed by atoms with van der Waals surface area (Å²) in [5.74, 6) is -0.332. The summed E-state index contributed by atoms with van der Waals surface area (Å²) in [7, 11) is 3.99. The molecule has 194 valence electrons. The van der Waals surface area contributed by atoms with E-state index in [-0.39, 0.29) is 11.8 Å². The molecule has 0 aliphatic heterocycles. The van der Waals surface area contributed by atoms with E-state index in [0.717, 1.165) is 44.3 Å². The molecule has 0 radical (unpaired) electrons. The van der Waals surface area contributed by atoms with Crippen molar-refractivity contribution in [3.63, 3.8) is 0 Å². The molecule has 2 heterocycles. The van der Waals surface area contributed by atoms with Crippen LogP contribution in [0.3, 0.4) is 0 Å². The van der Waals surface area contributed by atoms with E-state index in [4.69, 9.17) is 0 Å². The molecule has 0 spiro atoms. The van der Waals surface area contributed by atoms with Crippen LogP contribution in [0.15, 0.2) is 122 Å². The van der Waals surface area contributed by atoms with E-state index in [1.807, 2.05) is 145 Å². The van der Waals surface area contributed by atoms with Gasteiger partial charge in [-0.25, -0.2) is 9.13 Å². The first-order chi connectivity index (χ1) is 19.4. The van der Waals surface area contributed by atoms with Gasteiger partial charge in [0.05, 0.1) is 0 Å². The van der Waals surface area contributed by atoms with E-state index in [1.165, 1.54) is 0 Å². The van der Waals surface area contributed by atoms with Gasteiger partial charge in [0.1, 0.15) is 14.1 Å². The minimum absolute atomic E-state index is 0.166. The molecule has 2 amide bonds. The fourth-order valence-electron chi connectivity index (χ4n) is 4.92. The molecule has 0 atom stereocenters. The molecular formula is C34H28N4O2+2. The van der Waals surface area contributed by atoms with Gasteiger partial charge in [0.2, 0.25) is 11.0 Å². The third kappa shape index (κ3) is 5.02. The molecule has 0 saturated carbocycles. The lowest BCUT2D eigenvalue weighted by Gasteiger charge is -2.09. The average molecular weight is 525 g/mol. The van der Waals surface area contributed by atoms with Gasteiger partial charge in [-0.2, -0.15) is 0 Å². The predicted molar refractivity (Wildman–Crippen MR) is 158 cm³/mol. The van der Waals surface area contributed by atoms with Crippen LogP contribution in [0.2, 0.25) is 0 Å². The number of amides is 2. The van der Waals surface area contributed by atoms with Crippen molar-refractivity contribution in [2.45, 2.75) is 0 Å². The van der Waals surface area contributed by atoms with Crippen LogP contribution in [0.25, 0.3) is 32.9 Å². The third-order valence-corrected chi connectivity index (χ3v) is 7.13. The van der Waals surface area contributed by atoms with Crippen LogP contribution in [0.5, 0.6) is 0 Å². The summed E-state index contributed by atoms with van der Waals surface area (Å²) in [5, 5.41) is 8.09. The topological polar surface area (TPSA) is 66.0 Å². The number of aryl methyl sites for hydroxylation is 2. The standard InChI is InChI=1S/C34H26N4O2/c1-37-19-3-5-27-21-29(15-17-31(27)37)35-33(39)25-11-7-23(8-12-25)24-9-13-26(14-10-24)34(40)36-30-16-18-32-28(22-30)6-4-20-38(32)2/h3-22H,1-2H3/p+2. The Balaban J connectivity index is 1.12. The molecule has 0 aliphatic carbocycles. The number of nitrogens with zero attached hydrogens (tertiary/aromatic N) is 2. The quantitative estimate of drug-likeness (QED) is 0.280. The zero-order valence-electron chi connectivity index (χ0n) is 22.3. The van der Waals surface area contributed by atoms with Gasteiger partial charge in [-0.3, -0.25) is 9.59 Å². The predicted octanol–water partition coefficient (Wildman–Crippen LogP) is 5.81. The summed E-state index contributed by atoms with van der Waals surface area (Å²) >= 11 is 0. The van der Waals surface area contributed by atoms with Gasteiger partial charge in [0, 0.05) is 57.5 Å². The van der Waals surface area contributed by atoms with Gasteiger partial charge >= 0.3 is 0 Å². The van der Waals surface area contributed by atoms with Crippen LogP contribution >= 0.6 is 0 Å². The molecule has 0 saturated heterocycles. The number of anilines is 2. The Morgan fingerprint density at radius 2 is 0.925 bits per heavy atom. The second kappa shape index (κ2) is 10.4. The van der Waals surface area contributed by atoms with Gasteiger partial charge in [0.25, 0.3) is 11.8 Å². The number of benzene rings is 4. The Hall–Kier alpha value is -5.36. The second-order valence-electron chi connectivity index (χ2n) is 9.85. The first kappa shape index (κ1) is 24.9. The highest BCUT2D eigenvalue weighted by atomic mass is 16.2. The number of hydrogen-bond donors (Lipinski definition) is 2. The minimum atomic E-state index is -0.166. The molecular weight excluding hydrogens is 496 g/mol. The van der Waals surface area contributed by atoms with Crippen molar-refractivity contribution in [3.05, 3.63) is 133 Å². The molecule has 4 aromatic carbocycles. The molecule has 6 heteroatoms. The second-order valence-corrected chi connectivity index (χ2v) is 9.85. The maximum absolute atomic E-state index is 12.9. The fourth-order valence-corrected chi connectivity index (χ4v) is 4.92. The molecule has 6 rings (SSSR count). The summed E-state index contributed by atoms with van der Waals surface area (Å²) in [6.45, 7) is 0. The maximum Gasteiger partial charge on any atom is 0.255 e. The van der Waals surface area contributed by atoms with E-state index in [1.54, 1.807) is 0 Å². The van der Waals surface area contributed by atoms with Crippen molar-refractivity contribution in [3.8, 4) is 11.1 Å². The smallest absolute Gasteiger partial charge is 0.255 e. The summed E-state index contributed by atoms with van der Waals surface area (Å²) in [4.78, 5) is 25.7. The SMILES string of the molecule is C[n+]1cccc2cc(NC(=O)c3ccc(-c4ccc(C(=O)Nc5ccc6c(ccc[n+]6C)c5)cc4)cc3)ccc21. The average Bonchev–Trinajstić information content (AvgIpc) is 2.97. The van der Waals surface area contributed by atoms with Crippen molar-refractivity contribution in [1.82, 2.24) is 0 Å². The van der Waals surface area contributed by atoms with Crippen molar-refractivity contribution in [2.24, 2.45) is 14.1 Å². The van der Waals surface area contributed by atoms with Crippen molar-refractivity contribution in [1.29, 1.82) is 0 Å². The van der Waals surface area contributed by atoms with Crippen LogP contribution < -0.4 is 19.8 Å². The lowest BCUT2D eigenvalue weighted by molar-refractivity contribution is -0.645. The lowest BCUT2D eigenvalue weighted by Crippen LogP contribution is -2.27. The summed E-state index contributed by atoms with van der Waals surface area (Å²) in [6.07, 6.45) is 3.99. The summed E-state index contributed by atoms with van der Waals surface area (Å²) < 4.78 is 4.09. The first-order valence-corrected chi connectivity index (χ1v) is 13.0. The zero-order chi connectivity index (χ0) is 27.6. The third-order valence-electron chi connectivity index (χ3n) is 7.13. The highest BCUT2D eigenvalue weighted by Gasteiger charge is 2.12. The number of rotatable bonds is 5. The number of nitrogens with one attached hydrogen (secondary N) is 2. The summed E-state index contributed by atoms with van der Waals surface area (Å²) in [5.41, 5.74) is 6.75. The van der Waals surface area contributed by atoms with Gasteiger partial charge in [-0.15, -0.1) is 0 Å². The maximum atomic E-state index is 12.9. The highest BCUT2D eigenvalue weighted by molar-refractivity contribution is 6.06. The van der Waals surface area contributed by atoms with Crippen LogP contribution in [0, 0.1) is 0 Å². The first-order valence-electron chi connectivity index (χ1n) is 13.0. The number of aromatic nitrogens is 2. The molecule has 0 aliphatic rings. The van der Waals surface area contributed by atoms with E-state index >= 15 is 0 Å². The van der Waals surface area contributed by atoms with Gasteiger partial charge in [-0.05, 0) is 71.8 Å². The van der Waals surface area contributed by atoms with E-state index < -0.39 is 0 Å². The number of pyridine rings is 2.